The Balaban J connectivity index is 0.000000146. The van der Waals surface area contributed by atoms with Gasteiger partial charge in [-0.25, -0.2) is 9.97 Å². The molecule has 0 aliphatic carbocycles. The van der Waals surface area contributed by atoms with E-state index in [0.717, 1.165) is 21.6 Å². The second-order valence-corrected chi connectivity index (χ2v) is 6.03. The van der Waals surface area contributed by atoms with Gasteiger partial charge in [0, 0.05) is 40.6 Å². The van der Waals surface area contributed by atoms with Crippen molar-refractivity contribution in [2.45, 2.75) is 0 Å². The highest BCUT2D eigenvalue weighted by Gasteiger charge is 1.95. The van der Waals surface area contributed by atoms with Crippen LogP contribution in [0.25, 0.3) is 11.4 Å². The van der Waals surface area contributed by atoms with Gasteiger partial charge in [-0.3, -0.25) is 0 Å². The van der Waals surface area contributed by atoms with Crippen molar-refractivity contribution in [1.82, 2.24) is 19.1 Å². The number of benzene rings is 2. The molecule has 0 bridgehead atoms. The average molecular weight is 397 g/mol. The third-order valence-corrected chi connectivity index (χ3v) is 4.03. The van der Waals surface area contributed by atoms with Crippen LogP contribution < -0.4 is 4.74 Å². The summed E-state index contributed by atoms with van der Waals surface area (Å²) in [5, 5.41) is 0. The Morgan fingerprint density at radius 3 is 1.64 bits per heavy atom. The van der Waals surface area contributed by atoms with Crippen molar-refractivity contribution in [3.05, 3.63) is 90.4 Å². The maximum atomic E-state index is 5.06. The lowest BCUT2D eigenvalue weighted by molar-refractivity contribution is 0.415. The number of hydrogen-bond acceptors (Lipinski definition) is 3. The lowest BCUT2D eigenvalue weighted by atomic mass is 10.3. The van der Waals surface area contributed by atoms with Crippen LogP contribution in [-0.4, -0.2) is 26.2 Å². The monoisotopic (exact) mass is 396 g/mol. The molecule has 0 N–H and O–H groups in total. The Labute approximate surface area is 154 Å². The fourth-order valence-electron chi connectivity index (χ4n) is 2.19. The largest absolute Gasteiger partial charge is 0.497 e. The molecule has 0 atom stereocenters. The van der Waals surface area contributed by atoms with Crippen LogP contribution >= 0.6 is 15.9 Å². The second kappa shape index (κ2) is 8.30. The summed E-state index contributed by atoms with van der Waals surface area (Å²) in [6, 6.07) is 15.9. The summed E-state index contributed by atoms with van der Waals surface area (Å²) in [6.07, 6.45) is 10.9. The highest BCUT2D eigenvalue weighted by atomic mass is 79.9. The number of hydrogen-bond donors (Lipinski definition) is 0. The molecule has 0 saturated heterocycles. The average Bonchev–Trinajstić information content (AvgIpc) is 3.37. The molecule has 2 aromatic carbocycles. The van der Waals surface area contributed by atoms with E-state index in [2.05, 4.69) is 25.9 Å². The molecule has 0 amide bonds. The third-order valence-electron chi connectivity index (χ3n) is 3.50. The first-order valence-electron chi connectivity index (χ1n) is 7.62. The maximum absolute atomic E-state index is 5.06. The van der Waals surface area contributed by atoms with Gasteiger partial charge >= 0.3 is 0 Å². The van der Waals surface area contributed by atoms with E-state index in [1.165, 1.54) is 0 Å². The van der Waals surface area contributed by atoms with Gasteiger partial charge in [-0.1, -0.05) is 15.9 Å². The van der Waals surface area contributed by atoms with Gasteiger partial charge < -0.3 is 13.9 Å². The quantitative estimate of drug-likeness (QED) is 0.511. The van der Waals surface area contributed by atoms with Gasteiger partial charge in [0.25, 0.3) is 0 Å². The van der Waals surface area contributed by atoms with E-state index in [9.17, 15) is 0 Å². The molecule has 0 aliphatic rings. The summed E-state index contributed by atoms with van der Waals surface area (Å²) in [5.41, 5.74) is 2.20. The van der Waals surface area contributed by atoms with Gasteiger partial charge in [-0.05, 0) is 48.5 Å². The number of aromatic nitrogens is 4. The van der Waals surface area contributed by atoms with Crippen LogP contribution in [0, 0.1) is 0 Å². The van der Waals surface area contributed by atoms with Crippen molar-refractivity contribution in [3.8, 4) is 17.1 Å². The molecular formula is C19H17BrN4O. The van der Waals surface area contributed by atoms with Crippen LogP contribution in [0.2, 0.25) is 0 Å². The second-order valence-electron chi connectivity index (χ2n) is 5.11. The predicted molar refractivity (Wildman–Crippen MR) is 101 cm³/mol. The van der Waals surface area contributed by atoms with Crippen molar-refractivity contribution >= 4 is 15.9 Å². The SMILES string of the molecule is Brc1ccc(-n2ccnc2)cc1.COc1ccc(-n2ccnc2)cc1. The van der Waals surface area contributed by atoms with Crippen molar-refractivity contribution in [2.75, 3.05) is 7.11 Å². The summed E-state index contributed by atoms with van der Waals surface area (Å²) < 4.78 is 10.1. The highest BCUT2D eigenvalue weighted by Crippen LogP contribution is 2.14. The zero-order valence-corrected chi connectivity index (χ0v) is 15.2. The Morgan fingerprint density at radius 1 is 0.760 bits per heavy atom. The molecule has 2 aromatic heterocycles. The molecule has 0 radical (unpaired) electrons. The summed E-state index contributed by atoms with van der Waals surface area (Å²) in [6.45, 7) is 0. The van der Waals surface area contributed by atoms with Crippen molar-refractivity contribution in [2.24, 2.45) is 0 Å². The summed E-state index contributed by atoms with van der Waals surface area (Å²) in [5.74, 6) is 0.865. The van der Waals surface area contributed by atoms with Crippen molar-refractivity contribution in [3.63, 3.8) is 0 Å². The first-order chi connectivity index (χ1) is 12.3. The van der Waals surface area contributed by atoms with Gasteiger partial charge in [0.05, 0.1) is 19.8 Å². The van der Waals surface area contributed by atoms with Crippen LogP contribution in [-0.2, 0) is 0 Å². The number of ether oxygens (including phenoxy) is 1. The third kappa shape index (κ3) is 4.58. The summed E-state index contributed by atoms with van der Waals surface area (Å²) in [4.78, 5) is 7.95. The van der Waals surface area contributed by atoms with Crippen LogP contribution in [0.3, 0.4) is 0 Å². The van der Waals surface area contributed by atoms with E-state index in [-0.39, 0.29) is 0 Å². The van der Waals surface area contributed by atoms with Gasteiger partial charge in [-0.2, -0.15) is 0 Å². The van der Waals surface area contributed by atoms with Gasteiger partial charge in [0.15, 0.2) is 0 Å². The van der Waals surface area contributed by atoms with E-state index in [1.807, 2.05) is 70.1 Å². The van der Waals surface area contributed by atoms with Gasteiger partial charge in [0.1, 0.15) is 5.75 Å². The van der Waals surface area contributed by atoms with Crippen LogP contribution in [0.15, 0.2) is 90.4 Å². The van der Waals surface area contributed by atoms with Crippen LogP contribution in [0.5, 0.6) is 5.75 Å². The normalized spacial score (nSPS) is 10.0. The van der Waals surface area contributed by atoms with E-state index in [1.54, 1.807) is 32.2 Å². The first-order valence-corrected chi connectivity index (χ1v) is 8.42. The summed E-state index contributed by atoms with van der Waals surface area (Å²) >= 11 is 3.38. The molecule has 2 heterocycles. The molecular weight excluding hydrogens is 380 g/mol. The summed E-state index contributed by atoms with van der Waals surface area (Å²) in [7, 11) is 1.66. The Kier molecular flexibility index (Phi) is 5.64. The minimum atomic E-state index is 0.865. The minimum Gasteiger partial charge on any atom is -0.497 e. The van der Waals surface area contributed by atoms with Crippen LogP contribution in [0.1, 0.15) is 0 Å². The fourth-order valence-corrected chi connectivity index (χ4v) is 2.46. The fraction of sp³-hybridized carbons (Fsp3) is 0.0526. The molecule has 0 saturated carbocycles. The van der Waals surface area contributed by atoms with Gasteiger partial charge in [-0.15, -0.1) is 0 Å². The molecule has 0 spiro atoms. The Morgan fingerprint density at radius 2 is 1.24 bits per heavy atom. The number of rotatable bonds is 3. The molecule has 25 heavy (non-hydrogen) atoms. The molecule has 4 rings (SSSR count). The molecule has 126 valence electrons. The molecule has 0 fully saturated rings. The predicted octanol–water partition coefficient (Wildman–Crippen LogP) is 4.52. The van der Waals surface area contributed by atoms with Crippen molar-refractivity contribution < 1.29 is 4.74 Å². The van der Waals surface area contributed by atoms with E-state index < -0.39 is 0 Å². The van der Waals surface area contributed by atoms with E-state index in [4.69, 9.17) is 4.74 Å². The zero-order chi connectivity index (χ0) is 17.5. The highest BCUT2D eigenvalue weighted by molar-refractivity contribution is 9.10. The lowest BCUT2D eigenvalue weighted by Gasteiger charge is -2.03. The number of halogens is 1. The zero-order valence-electron chi connectivity index (χ0n) is 13.7. The smallest absolute Gasteiger partial charge is 0.119 e. The number of methoxy groups -OCH3 is 1. The lowest BCUT2D eigenvalue weighted by Crippen LogP contribution is -1.89. The molecule has 0 unspecified atom stereocenters. The Hall–Kier alpha value is -2.86. The standard InChI is InChI=1S/C10H10N2O.C9H7BrN2/c1-13-10-4-2-9(3-5-10)12-7-6-11-8-12;10-8-1-3-9(4-2-8)12-6-5-11-7-12/h2-8H,1H3;1-7H. The molecule has 4 aromatic rings. The van der Waals surface area contributed by atoms with E-state index >= 15 is 0 Å². The van der Waals surface area contributed by atoms with Crippen molar-refractivity contribution in [1.29, 1.82) is 0 Å². The number of nitrogens with zero attached hydrogens (tertiary/aromatic N) is 4. The number of imidazole rings is 2. The topological polar surface area (TPSA) is 44.9 Å². The van der Waals surface area contributed by atoms with Crippen LogP contribution in [0.4, 0.5) is 0 Å². The molecule has 5 nitrogen and oxygen atoms in total. The van der Waals surface area contributed by atoms with Gasteiger partial charge in [0.2, 0.25) is 0 Å². The molecule has 0 aliphatic heterocycles. The maximum Gasteiger partial charge on any atom is 0.119 e. The molecule has 6 heteroatoms. The Bertz CT molecular complexity index is 870. The van der Waals surface area contributed by atoms with E-state index in [0.29, 0.717) is 0 Å². The minimum absolute atomic E-state index is 0.865. The first kappa shape index (κ1) is 17.0.